The molecule has 0 bridgehead atoms. The zero-order chi connectivity index (χ0) is 11.8. The molecule has 2 aliphatic carbocycles. The van der Waals surface area contributed by atoms with Crippen molar-refractivity contribution in [2.75, 3.05) is 0 Å². The normalized spacial score (nSPS) is 23.6. The number of aryl methyl sites for hydroxylation is 1. The van der Waals surface area contributed by atoms with Crippen LogP contribution < -0.4 is 5.32 Å². The maximum Gasteiger partial charge on any atom is 0.110 e. The molecule has 2 atom stereocenters. The first-order valence-corrected chi connectivity index (χ1v) is 7.72. The molecule has 1 aromatic rings. The Labute approximate surface area is 108 Å². The van der Waals surface area contributed by atoms with E-state index in [4.69, 9.17) is 0 Å². The van der Waals surface area contributed by atoms with E-state index in [1.807, 2.05) is 17.5 Å². The summed E-state index contributed by atoms with van der Waals surface area (Å²) in [5.74, 6) is 1.86. The number of nitrogens with one attached hydrogen (secondary N) is 1. The lowest BCUT2D eigenvalue weighted by molar-refractivity contribution is 0.391. The van der Waals surface area contributed by atoms with Gasteiger partial charge in [-0.3, -0.25) is 0 Å². The second-order valence-corrected chi connectivity index (χ2v) is 7.14. The van der Waals surface area contributed by atoms with Gasteiger partial charge >= 0.3 is 0 Å². The lowest BCUT2D eigenvalue weighted by Gasteiger charge is -2.21. The first-order valence-electron chi connectivity index (χ1n) is 6.90. The minimum absolute atomic E-state index is 0.530. The third-order valence-electron chi connectivity index (χ3n) is 3.85. The van der Waals surface area contributed by atoms with Gasteiger partial charge in [-0.15, -0.1) is 11.3 Å². The number of aromatic nitrogens is 1. The van der Waals surface area contributed by atoms with Crippen LogP contribution in [0.25, 0.3) is 0 Å². The van der Waals surface area contributed by atoms with Gasteiger partial charge in [-0.1, -0.05) is 12.8 Å². The number of hydrogen-bond donors (Lipinski definition) is 1. The highest BCUT2D eigenvalue weighted by Gasteiger charge is 2.35. The maximum absolute atomic E-state index is 4.58. The molecule has 2 fully saturated rings. The molecule has 1 N–H and O–H groups in total. The van der Waals surface area contributed by atoms with Crippen molar-refractivity contribution in [3.8, 4) is 0 Å². The van der Waals surface area contributed by atoms with Crippen LogP contribution in [0.5, 0.6) is 0 Å². The Morgan fingerprint density at radius 2 is 2.18 bits per heavy atom. The first-order chi connectivity index (χ1) is 8.22. The van der Waals surface area contributed by atoms with Gasteiger partial charge < -0.3 is 5.32 Å². The fourth-order valence-corrected chi connectivity index (χ4v) is 3.51. The largest absolute Gasteiger partial charge is 0.305 e. The number of thiazole rings is 1. The van der Waals surface area contributed by atoms with Crippen LogP contribution in [0.4, 0.5) is 0 Å². The van der Waals surface area contributed by atoms with Gasteiger partial charge in [-0.2, -0.15) is 0 Å². The summed E-state index contributed by atoms with van der Waals surface area (Å²) in [6, 6.07) is 1.18. The second kappa shape index (κ2) is 4.69. The van der Waals surface area contributed by atoms with Crippen molar-refractivity contribution < 1.29 is 0 Å². The van der Waals surface area contributed by atoms with Crippen molar-refractivity contribution >= 4 is 11.3 Å². The van der Waals surface area contributed by atoms with E-state index in [2.05, 4.69) is 24.1 Å². The molecule has 0 spiro atoms. The monoisotopic (exact) mass is 250 g/mol. The summed E-state index contributed by atoms with van der Waals surface area (Å²) in [7, 11) is 0. The Balaban J connectivity index is 1.62. The Bertz CT molecular complexity index is 379. The van der Waals surface area contributed by atoms with Gasteiger partial charge in [0, 0.05) is 17.1 Å². The Morgan fingerprint density at radius 3 is 2.71 bits per heavy atom. The standard InChI is InChI=1S/C14H22N2S/c1-9(7-11-3-4-11)16-13(12-5-6-12)14-15-8-10(2)17-14/h8-9,11-13,16H,3-7H2,1-2H3. The van der Waals surface area contributed by atoms with Gasteiger partial charge in [0.05, 0.1) is 6.04 Å². The third-order valence-corrected chi connectivity index (χ3v) is 4.84. The van der Waals surface area contributed by atoms with Gasteiger partial charge in [-0.25, -0.2) is 4.98 Å². The molecule has 2 unspecified atom stereocenters. The lowest BCUT2D eigenvalue weighted by atomic mass is 10.1. The molecule has 2 nitrogen and oxygen atoms in total. The summed E-state index contributed by atoms with van der Waals surface area (Å²) in [5.41, 5.74) is 0. The molecule has 3 rings (SSSR count). The fraction of sp³-hybridized carbons (Fsp3) is 0.786. The third kappa shape index (κ3) is 3.08. The number of hydrogen-bond acceptors (Lipinski definition) is 3. The summed E-state index contributed by atoms with van der Waals surface area (Å²) < 4.78 is 0. The number of rotatable bonds is 6. The van der Waals surface area contributed by atoms with Gasteiger partial charge in [0.1, 0.15) is 5.01 Å². The average Bonchev–Trinajstić information content (AvgIpc) is 3.17. The van der Waals surface area contributed by atoms with Gasteiger partial charge in [-0.05, 0) is 44.9 Å². The highest BCUT2D eigenvalue weighted by molar-refractivity contribution is 7.11. The van der Waals surface area contributed by atoms with Crippen molar-refractivity contribution in [2.45, 2.75) is 58.0 Å². The van der Waals surface area contributed by atoms with Crippen molar-refractivity contribution in [3.05, 3.63) is 16.1 Å². The van der Waals surface area contributed by atoms with Crippen LogP contribution in [0.1, 0.15) is 55.0 Å². The summed E-state index contributed by atoms with van der Waals surface area (Å²) >= 11 is 1.87. The van der Waals surface area contributed by atoms with Crippen LogP contribution >= 0.6 is 11.3 Å². The predicted molar refractivity (Wildman–Crippen MR) is 72.3 cm³/mol. The Kier molecular flexibility index (Phi) is 3.22. The molecule has 2 aliphatic rings. The van der Waals surface area contributed by atoms with E-state index in [1.54, 1.807) is 0 Å². The van der Waals surface area contributed by atoms with E-state index in [1.165, 1.54) is 42.0 Å². The fourth-order valence-electron chi connectivity index (χ4n) is 2.58. The highest BCUT2D eigenvalue weighted by atomic mass is 32.1. The van der Waals surface area contributed by atoms with Crippen LogP contribution in [-0.2, 0) is 0 Å². The van der Waals surface area contributed by atoms with Crippen molar-refractivity contribution in [3.63, 3.8) is 0 Å². The van der Waals surface area contributed by atoms with E-state index in [-0.39, 0.29) is 0 Å². The molecule has 17 heavy (non-hydrogen) atoms. The minimum atomic E-state index is 0.530. The topological polar surface area (TPSA) is 24.9 Å². The first kappa shape index (κ1) is 11.7. The molecular formula is C14H22N2S. The summed E-state index contributed by atoms with van der Waals surface area (Å²) in [5, 5.41) is 5.14. The van der Waals surface area contributed by atoms with E-state index < -0.39 is 0 Å². The van der Waals surface area contributed by atoms with Crippen molar-refractivity contribution in [1.82, 2.24) is 10.3 Å². The molecule has 0 radical (unpaired) electrons. The molecule has 2 saturated carbocycles. The number of nitrogens with zero attached hydrogens (tertiary/aromatic N) is 1. The molecule has 0 aromatic carbocycles. The van der Waals surface area contributed by atoms with Crippen molar-refractivity contribution in [2.24, 2.45) is 11.8 Å². The quantitative estimate of drug-likeness (QED) is 0.833. The van der Waals surface area contributed by atoms with Crippen molar-refractivity contribution in [1.29, 1.82) is 0 Å². The van der Waals surface area contributed by atoms with Crippen LogP contribution in [0.15, 0.2) is 6.20 Å². The maximum atomic E-state index is 4.58. The molecule has 1 aromatic heterocycles. The SMILES string of the molecule is Cc1cnc(C(NC(C)CC2CC2)C2CC2)s1. The zero-order valence-corrected chi connectivity index (χ0v) is 11.6. The van der Waals surface area contributed by atoms with Gasteiger partial charge in [0.2, 0.25) is 0 Å². The van der Waals surface area contributed by atoms with E-state index in [9.17, 15) is 0 Å². The average molecular weight is 250 g/mol. The predicted octanol–water partition coefficient (Wildman–Crippen LogP) is 3.68. The Morgan fingerprint density at radius 1 is 1.41 bits per heavy atom. The van der Waals surface area contributed by atoms with Crippen LogP contribution in [0.2, 0.25) is 0 Å². The van der Waals surface area contributed by atoms with Crippen LogP contribution in [-0.4, -0.2) is 11.0 Å². The van der Waals surface area contributed by atoms with Crippen LogP contribution in [0.3, 0.4) is 0 Å². The molecule has 0 aliphatic heterocycles. The smallest absolute Gasteiger partial charge is 0.110 e. The lowest BCUT2D eigenvalue weighted by Crippen LogP contribution is -2.32. The summed E-state index contributed by atoms with van der Waals surface area (Å²) in [6.07, 6.45) is 9.04. The molecule has 0 amide bonds. The minimum Gasteiger partial charge on any atom is -0.305 e. The van der Waals surface area contributed by atoms with Gasteiger partial charge in [0.25, 0.3) is 0 Å². The zero-order valence-electron chi connectivity index (χ0n) is 10.8. The second-order valence-electron chi connectivity index (χ2n) is 5.87. The molecule has 94 valence electrons. The van der Waals surface area contributed by atoms with E-state index in [0.29, 0.717) is 12.1 Å². The molecular weight excluding hydrogens is 228 g/mol. The highest BCUT2D eigenvalue weighted by Crippen LogP contribution is 2.43. The molecule has 0 saturated heterocycles. The Hall–Kier alpha value is -0.410. The van der Waals surface area contributed by atoms with Gasteiger partial charge in [0.15, 0.2) is 0 Å². The molecule has 1 heterocycles. The summed E-state index contributed by atoms with van der Waals surface area (Å²) in [4.78, 5) is 5.92. The van der Waals surface area contributed by atoms with E-state index >= 15 is 0 Å². The van der Waals surface area contributed by atoms with Crippen LogP contribution in [0, 0.1) is 18.8 Å². The van der Waals surface area contributed by atoms with E-state index in [0.717, 1.165) is 11.8 Å². The summed E-state index contributed by atoms with van der Waals surface area (Å²) in [6.45, 7) is 4.49. The molecule has 3 heteroatoms.